The maximum Gasteiger partial charge on any atom is 0.322 e. The highest BCUT2D eigenvalue weighted by Gasteiger charge is 2.22. The number of anilines is 1. The summed E-state index contributed by atoms with van der Waals surface area (Å²) < 4.78 is 11.1. The van der Waals surface area contributed by atoms with Crippen molar-refractivity contribution < 1.29 is 19.1 Å². The summed E-state index contributed by atoms with van der Waals surface area (Å²) in [5, 5.41) is 2.86. The molecule has 1 fully saturated rings. The summed E-state index contributed by atoms with van der Waals surface area (Å²) in [5.41, 5.74) is 5.67. The molecule has 1 saturated heterocycles. The molecule has 3 amide bonds. The van der Waals surface area contributed by atoms with E-state index < -0.39 is 5.91 Å². The van der Waals surface area contributed by atoms with Crippen molar-refractivity contribution in [1.29, 1.82) is 0 Å². The third-order valence-corrected chi connectivity index (χ3v) is 3.85. The quantitative estimate of drug-likeness (QED) is 0.759. The maximum atomic E-state index is 12.5. The SMILES string of the molecule is CCN(C[C@H]1CCCO1)C(=O)Nc1ccccc1OCCC(N)=O. The molecule has 0 bridgehead atoms. The van der Waals surface area contributed by atoms with Gasteiger partial charge in [0.25, 0.3) is 0 Å². The molecule has 1 aromatic rings. The van der Waals surface area contributed by atoms with Crippen LogP contribution in [0, 0.1) is 0 Å². The molecule has 0 radical (unpaired) electrons. The van der Waals surface area contributed by atoms with E-state index in [1.165, 1.54) is 0 Å². The van der Waals surface area contributed by atoms with Gasteiger partial charge in [-0.15, -0.1) is 0 Å². The molecule has 1 aliphatic rings. The lowest BCUT2D eigenvalue weighted by Crippen LogP contribution is -2.40. The molecule has 1 heterocycles. The molecule has 0 saturated carbocycles. The van der Waals surface area contributed by atoms with Gasteiger partial charge in [0.05, 0.1) is 24.8 Å². The summed E-state index contributed by atoms with van der Waals surface area (Å²) in [6.07, 6.45) is 2.26. The number of ether oxygens (including phenoxy) is 2. The smallest absolute Gasteiger partial charge is 0.322 e. The Labute approximate surface area is 142 Å². The lowest BCUT2D eigenvalue weighted by molar-refractivity contribution is -0.118. The first-order chi connectivity index (χ1) is 11.6. The molecule has 1 aliphatic heterocycles. The van der Waals surface area contributed by atoms with Gasteiger partial charge in [-0.3, -0.25) is 4.79 Å². The summed E-state index contributed by atoms with van der Waals surface area (Å²) in [4.78, 5) is 25.0. The van der Waals surface area contributed by atoms with Crippen LogP contribution in [-0.4, -0.2) is 49.2 Å². The van der Waals surface area contributed by atoms with Gasteiger partial charge in [0.2, 0.25) is 5.91 Å². The van der Waals surface area contributed by atoms with E-state index in [0.29, 0.717) is 24.5 Å². The first kappa shape index (κ1) is 18.1. The highest BCUT2D eigenvalue weighted by molar-refractivity contribution is 5.91. The monoisotopic (exact) mass is 335 g/mol. The van der Waals surface area contributed by atoms with Crippen molar-refractivity contribution in [2.75, 3.05) is 31.6 Å². The number of carbonyl (C=O) groups is 2. The van der Waals surface area contributed by atoms with Gasteiger partial charge in [-0.2, -0.15) is 0 Å². The molecule has 1 aromatic carbocycles. The second-order valence-electron chi connectivity index (χ2n) is 5.66. The molecule has 7 nitrogen and oxygen atoms in total. The van der Waals surface area contributed by atoms with Gasteiger partial charge in [0, 0.05) is 19.7 Å². The lowest BCUT2D eigenvalue weighted by Gasteiger charge is -2.24. The van der Waals surface area contributed by atoms with E-state index in [9.17, 15) is 9.59 Å². The number of benzene rings is 1. The minimum Gasteiger partial charge on any atom is -0.491 e. The summed E-state index contributed by atoms with van der Waals surface area (Å²) in [6, 6.07) is 6.93. The van der Waals surface area contributed by atoms with Crippen molar-refractivity contribution in [2.24, 2.45) is 5.73 Å². The number of carbonyl (C=O) groups excluding carboxylic acids is 2. The average molecular weight is 335 g/mol. The fourth-order valence-corrected chi connectivity index (χ4v) is 2.54. The lowest BCUT2D eigenvalue weighted by atomic mass is 10.2. The summed E-state index contributed by atoms with van der Waals surface area (Å²) >= 11 is 0. The van der Waals surface area contributed by atoms with E-state index in [4.69, 9.17) is 15.2 Å². The number of nitrogens with one attached hydrogen (secondary N) is 1. The molecule has 2 rings (SSSR count). The highest BCUT2D eigenvalue weighted by Crippen LogP contribution is 2.24. The first-order valence-corrected chi connectivity index (χ1v) is 8.27. The molecule has 0 unspecified atom stereocenters. The van der Waals surface area contributed by atoms with E-state index in [-0.39, 0.29) is 25.2 Å². The standard InChI is InChI=1S/C17H25N3O4/c1-2-20(12-13-6-5-10-23-13)17(22)19-14-7-3-4-8-15(14)24-11-9-16(18)21/h3-4,7-8,13H,2,5-6,9-12H2,1H3,(H2,18,21)(H,19,22)/t13-/m1/s1. The molecule has 1 atom stereocenters. The van der Waals surface area contributed by atoms with E-state index in [1.807, 2.05) is 13.0 Å². The normalized spacial score (nSPS) is 16.6. The third-order valence-electron chi connectivity index (χ3n) is 3.85. The zero-order valence-electron chi connectivity index (χ0n) is 14.0. The fraction of sp³-hybridized carbons (Fsp3) is 0.529. The minimum absolute atomic E-state index is 0.109. The molecule has 24 heavy (non-hydrogen) atoms. The van der Waals surface area contributed by atoms with Gasteiger partial charge in [0.15, 0.2) is 0 Å². The van der Waals surface area contributed by atoms with Crippen molar-refractivity contribution >= 4 is 17.6 Å². The van der Waals surface area contributed by atoms with Crippen LogP contribution in [0.25, 0.3) is 0 Å². The number of hydrogen-bond donors (Lipinski definition) is 2. The fourth-order valence-electron chi connectivity index (χ4n) is 2.54. The summed E-state index contributed by atoms with van der Waals surface area (Å²) in [5.74, 6) is 0.0884. The Hall–Kier alpha value is -2.28. The molecule has 3 N–H and O–H groups in total. The molecule has 7 heteroatoms. The summed E-state index contributed by atoms with van der Waals surface area (Å²) in [7, 11) is 0. The topological polar surface area (TPSA) is 93.9 Å². The molecule has 0 aliphatic carbocycles. The van der Waals surface area contributed by atoms with Crippen LogP contribution in [0.5, 0.6) is 5.75 Å². The maximum absolute atomic E-state index is 12.5. The Bertz CT molecular complexity index is 559. The molecule has 0 aromatic heterocycles. The number of amides is 3. The van der Waals surface area contributed by atoms with Crippen molar-refractivity contribution in [3.8, 4) is 5.75 Å². The molecule has 132 valence electrons. The van der Waals surface area contributed by atoms with Crippen molar-refractivity contribution in [2.45, 2.75) is 32.3 Å². The van der Waals surface area contributed by atoms with Gasteiger partial charge in [-0.1, -0.05) is 12.1 Å². The minimum atomic E-state index is -0.426. The Balaban J connectivity index is 1.95. The van der Waals surface area contributed by atoms with Crippen LogP contribution < -0.4 is 15.8 Å². The van der Waals surface area contributed by atoms with Crippen LogP contribution in [0.1, 0.15) is 26.2 Å². The Morgan fingerprint density at radius 1 is 1.42 bits per heavy atom. The van der Waals surface area contributed by atoms with Gasteiger partial charge < -0.3 is 25.4 Å². The zero-order valence-corrected chi connectivity index (χ0v) is 14.0. The largest absolute Gasteiger partial charge is 0.491 e. The Kier molecular flexibility index (Phi) is 6.87. The van der Waals surface area contributed by atoms with E-state index in [0.717, 1.165) is 19.4 Å². The number of hydrogen-bond acceptors (Lipinski definition) is 4. The van der Waals surface area contributed by atoms with E-state index in [2.05, 4.69) is 5.32 Å². The number of likely N-dealkylation sites (N-methyl/N-ethyl adjacent to an activating group) is 1. The number of primary amides is 1. The Morgan fingerprint density at radius 2 is 2.21 bits per heavy atom. The van der Waals surface area contributed by atoms with Gasteiger partial charge >= 0.3 is 6.03 Å². The van der Waals surface area contributed by atoms with Crippen LogP contribution in [0.15, 0.2) is 24.3 Å². The number of rotatable bonds is 8. The van der Waals surface area contributed by atoms with Crippen molar-refractivity contribution in [1.82, 2.24) is 4.90 Å². The second kappa shape index (κ2) is 9.12. The zero-order chi connectivity index (χ0) is 17.4. The van der Waals surface area contributed by atoms with E-state index in [1.54, 1.807) is 23.1 Å². The number of para-hydroxylation sites is 2. The third kappa shape index (κ3) is 5.42. The first-order valence-electron chi connectivity index (χ1n) is 8.27. The number of nitrogens with two attached hydrogens (primary N) is 1. The van der Waals surface area contributed by atoms with Gasteiger partial charge in [0.1, 0.15) is 5.75 Å². The second-order valence-corrected chi connectivity index (χ2v) is 5.66. The van der Waals surface area contributed by atoms with Crippen molar-refractivity contribution in [3.63, 3.8) is 0 Å². The van der Waals surface area contributed by atoms with E-state index >= 15 is 0 Å². The summed E-state index contributed by atoms with van der Waals surface area (Å²) in [6.45, 7) is 4.04. The molecular formula is C17H25N3O4. The van der Waals surface area contributed by atoms with Crippen LogP contribution in [0.2, 0.25) is 0 Å². The van der Waals surface area contributed by atoms with Crippen LogP contribution in [0.4, 0.5) is 10.5 Å². The highest BCUT2D eigenvalue weighted by atomic mass is 16.5. The molecular weight excluding hydrogens is 310 g/mol. The van der Waals surface area contributed by atoms with Crippen molar-refractivity contribution in [3.05, 3.63) is 24.3 Å². The average Bonchev–Trinajstić information content (AvgIpc) is 3.07. The number of urea groups is 1. The van der Waals surface area contributed by atoms with Crippen LogP contribution >= 0.6 is 0 Å². The molecule has 0 spiro atoms. The predicted octanol–water partition coefficient (Wildman–Crippen LogP) is 1.97. The Morgan fingerprint density at radius 3 is 2.88 bits per heavy atom. The van der Waals surface area contributed by atoms with Gasteiger partial charge in [-0.05, 0) is 31.9 Å². The predicted molar refractivity (Wildman–Crippen MR) is 91.0 cm³/mol. The van der Waals surface area contributed by atoms with Crippen LogP contribution in [-0.2, 0) is 9.53 Å². The van der Waals surface area contributed by atoms with Crippen LogP contribution in [0.3, 0.4) is 0 Å². The number of nitrogens with zero attached hydrogens (tertiary/aromatic N) is 1. The van der Waals surface area contributed by atoms with Gasteiger partial charge in [-0.25, -0.2) is 4.79 Å².